The summed E-state index contributed by atoms with van der Waals surface area (Å²) >= 11 is 17.9. The molecule has 2 N–H and O–H groups in total. The van der Waals surface area contributed by atoms with E-state index in [-0.39, 0.29) is 0 Å². The number of hydrogen-bond donors (Lipinski definition) is 2. The maximum Gasteiger partial charge on any atom is 0.176 e. The lowest BCUT2D eigenvalue weighted by atomic mass is 9.99. The number of anilines is 2. The zero-order chi connectivity index (χ0) is 20.1. The molecule has 3 aromatic rings. The Labute approximate surface area is 180 Å². The minimum absolute atomic E-state index is 0.432. The quantitative estimate of drug-likeness (QED) is 0.432. The lowest BCUT2D eigenvalue weighted by Crippen LogP contribution is -2.19. The van der Waals surface area contributed by atoms with E-state index in [1.807, 2.05) is 36.4 Å². The molecule has 0 spiro atoms. The standard InChI is InChI=1S/C21H22Cl2N4S/c1-3-14(2)15-8-10-17(11-9-15)24-21(28)25-20-19(23)13-27(26-20)12-16-6-4-5-7-18(16)22/h4-11,13-14H,3,12H2,1-2H3,(H2,24,25,26,28). The molecule has 28 heavy (non-hydrogen) atoms. The van der Waals surface area contributed by atoms with Gasteiger partial charge >= 0.3 is 0 Å². The first-order valence-electron chi connectivity index (χ1n) is 9.10. The molecule has 4 nitrogen and oxygen atoms in total. The van der Waals surface area contributed by atoms with Gasteiger partial charge in [0.1, 0.15) is 5.02 Å². The molecule has 0 saturated carbocycles. The van der Waals surface area contributed by atoms with E-state index >= 15 is 0 Å². The summed E-state index contributed by atoms with van der Waals surface area (Å²) in [6, 6.07) is 15.9. The molecule has 7 heteroatoms. The van der Waals surface area contributed by atoms with Crippen molar-refractivity contribution in [2.24, 2.45) is 0 Å². The van der Waals surface area contributed by atoms with Gasteiger partial charge in [0.25, 0.3) is 0 Å². The summed E-state index contributed by atoms with van der Waals surface area (Å²) in [4.78, 5) is 0. The largest absolute Gasteiger partial charge is 0.332 e. The number of benzene rings is 2. The highest BCUT2D eigenvalue weighted by Gasteiger charge is 2.10. The molecular formula is C21H22Cl2N4S. The van der Waals surface area contributed by atoms with E-state index in [2.05, 4.69) is 41.7 Å². The second-order valence-corrected chi connectivity index (χ2v) is 7.85. The van der Waals surface area contributed by atoms with E-state index in [9.17, 15) is 0 Å². The first kappa shape index (κ1) is 20.6. The molecule has 0 aliphatic rings. The van der Waals surface area contributed by atoms with Crippen LogP contribution in [0.15, 0.2) is 54.7 Å². The molecule has 146 valence electrons. The lowest BCUT2D eigenvalue weighted by molar-refractivity contribution is 0.690. The third kappa shape index (κ3) is 5.25. The molecule has 0 aliphatic carbocycles. The number of nitrogens with one attached hydrogen (secondary N) is 2. The Morgan fingerprint density at radius 2 is 1.79 bits per heavy atom. The monoisotopic (exact) mass is 432 g/mol. The van der Waals surface area contributed by atoms with Crippen LogP contribution >= 0.6 is 35.4 Å². The molecular weight excluding hydrogens is 411 g/mol. The summed E-state index contributed by atoms with van der Waals surface area (Å²) in [5.41, 5.74) is 3.20. The number of hydrogen-bond acceptors (Lipinski definition) is 2. The Bertz CT molecular complexity index is 953. The lowest BCUT2D eigenvalue weighted by Gasteiger charge is -2.12. The molecule has 1 aromatic heterocycles. The molecule has 0 amide bonds. The first-order chi connectivity index (χ1) is 13.5. The van der Waals surface area contributed by atoms with Crippen LogP contribution in [-0.2, 0) is 6.54 Å². The van der Waals surface area contributed by atoms with Crippen LogP contribution in [0.4, 0.5) is 11.5 Å². The Morgan fingerprint density at radius 1 is 1.07 bits per heavy atom. The van der Waals surface area contributed by atoms with Gasteiger partial charge in [0.05, 0.1) is 6.54 Å². The van der Waals surface area contributed by atoms with Crippen molar-refractivity contribution >= 4 is 52.0 Å². The zero-order valence-corrected chi connectivity index (χ0v) is 18.1. The Morgan fingerprint density at radius 3 is 2.46 bits per heavy atom. The van der Waals surface area contributed by atoms with E-state index in [4.69, 9.17) is 35.4 Å². The smallest absolute Gasteiger partial charge is 0.176 e. The van der Waals surface area contributed by atoms with E-state index in [0.29, 0.717) is 33.4 Å². The van der Waals surface area contributed by atoms with Crippen LogP contribution in [0.3, 0.4) is 0 Å². The highest BCUT2D eigenvalue weighted by atomic mass is 35.5. The number of halogens is 2. The van der Waals surface area contributed by atoms with Gasteiger partial charge in [-0.15, -0.1) is 0 Å². The van der Waals surface area contributed by atoms with Crippen LogP contribution in [0, 0.1) is 0 Å². The van der Waals surface area contributed by atoms with Crippen molar-refractivity contribution in [1.29, 1.82) is 0 Å². The average molecular weight is 433 g/mol. The molecule has 0 saturated heterocycles. The second kappa shape index (κ2) is 9.41. The Balaban J connectivity index is 1.63. The van der Waals surface area contributed by atoms with Gasteiger partial charge < -0.3 is 10.6 Å². The normalized spacial score (nSPS) is 11.9. The minimum atomic E-state index is 0.432. The highest BCUT2D eigenvalue weighted by Crippen LogP contribution is 2.23. The van der Waals surface area contributed by atoms with Gasteiger partial charge in [-0.25, -0.2) is 0 Å². The maximum atomic E-state index is 6.30. The molecule has 0 bridgehead atoms. The van der Waals surface area contributed by atoms with Crippen molar-refractivity contribution in [2.75, 3.05) is 10.6 Å². The van der Waals surface area contributed by atoms with Crippen LogP contribution in [0.25, 0.3) is 0 Å². The van der Waals surface area contributed by atoms with E-state index in [0.717, 1.165) is 17.7 Å². The van der Waals surface area contributed by atoms with Crippen molar-refractivity contribution < 1.29 is 0 Å². The van der Waals surface area contributed by atoms with E-state index < -0.39 is 0 Å². The van der Waals surface area contributed by atoms with Gasteiger partial charge in [-0.3, -0.25) is 4.68 Å². The number of rotatable bonds is 6. The van der Waals surface area contributed by atoms with Gasteiger partial charge in [0.15, 0.2) is 10.9 Å². The summed E-state index contributed by atoms with van der Waals surface area (Å²) in [6.45, 7) is 4.93. The second-order valence-electron chi connectivity index (χ2n) is 6.63. The molecule has 3 rings (SSSR count). The fraction of sp³-hybridized carbons (Fsp3) is 0.238. The Hall–Kier alpha value is -2.08. The predicted molar refractivity (Wildman–Crippen MR) is 123 cm³/mol. The minimum Gasteiger partial charge on any atom is -0.332 e. The van der Waals surface area contributed by atoms with E-state index in [1.54, 1.807) is 10.9 Å². The number of aromatic nitrogens is 2. The fourth-order valence-electron chi connectivity index (χ4n) is 2.76. The van der Waals surface area contributed by atoms with Crippen molar-refractivity contribution in [3.63, 3.8) is 0 Å². The molecule has 1 unspecified atom stereocenters. The first-order valence-corrected chi connectivity index (χ1v) is 10.3. The third-order valence-corrected chi connectivity index (χ3v) is 5.44. The topological polar surface area (TPSA) is 41.9 Å². The highest BCUT2D eigenvalue weighted by molar-refractivity contribution is 7.80. The van der Waals surface area contributed by atoms with Gasteiger partial charge in [-0.1, -0.05) is 67.4 Å². The summed E-state index contributed by atoms with van der Waals surface area (Å²) in [7, 11) is 0. The Kier molecular flexibility index (Phi) is 6.94. The van der Waals surface area contributed by atoms with Crippen molar-refractivity contribution in [2.45, 2.75) is 32.7 Å². The molecule has 0 radical (unpaired) electrons. The van der Waals surface area contributed by atoms with Crippen LogP contribution in [0.1, 0.15) is 37.3 Å². The summed E-state index contributed by atoms with van der Waals surface area (Å²) in [6.07, 6.45) is 2.86. The summed E-state index contributed by atoms with van der Waals surface area (Å²) in [5, 5.41) is 12.3. The van der Waals surface area contributed by atoms with Gasteiger partial charge in [0.2, 0.25) is 0 Å². The van der Waals surface area contributed by atoms with Crippen LogP contribution in [0.5, 0.6) is 0 Å². The fourth-order valence-corrected chi connectivity index (χ4v) is 3.37. The predicted octanol–water partition coefficient (Wildman–Crippen LogP) is 6.56. The summed E-state index contributed by atoms with van der Waals surface area (Å²) in [5.74, 6) is 1.04. The van der Waals surface area contributed by atoms with E-state index in [1.165, 1.54) is 5.56 Å². The van der Waals surface area contributed by atoms with Gasteiger partial charge in [0, 0.05) is 16.9 Å². The molecule has 1 atom stereocenters. The summed E-state index contributed by atoms with van der Waals surface area (Å²) < 4.78 is 1.73. The number of nitrogens with zero attached hydrogens (tertiary/aromatic N) is 2. The van der Waals surface area contributed by atoms with Crippen molar-refractivity contribution in [1.82, 2.24) is 9.78 Å². The van der Waals surface area contributed by atoms with Crippen molar-refractivity contribution in [3.05, 3.63) is 75.9 Å². The molecule has 0 fully saturated rings. The van der Waals surface area contributed by atoms with Gasteiger partial charge in [-0.2, -0.15) is 5.10 Å². The number of thiocarbonyl (C=S) groups is 1. The zero-order valence-electron chi connectivity index (χ0n) is 15.7. The maximum absolute atomic E-state index is 6.30. The average Bonchev–Trinajstić information content (AvgIpc) is 3.02. The van der Waals surface area contributed by atoms with Crippen molar-refractivity contribution in [3.8, 4) is 0 Å². The molecule has 0 aliphatic heterocycles. The SMILES string of the molecule is CCC(C)c1ccc(NC(=S)Nc2nn(Cc3ccccc3Cl)cc2Cl)cc1. The van der Waals surface area contributed by atoms with Crippen LogP contribution < -0.4 is 10.6 Å². The van der Waals surface area contributed by atoms with Crippen LogP contribution in [0.2, 0.25) is 10.0 Å². The van der Waals surface area contributed by atoms with Crippen LogP contribution in [-0.4, -0.2) is 14.9 Å². The van der Waals surface area contributed by atoms with Gasteiger partial charge in [-0.05, 0) is 53.9 Å². The third-order valence-electron chi connectivity index (χ3n) is 4.59. The molecule has 2 aromatic carbocycles. The molecule has 1 heterocycles.